The fourth-order valence-electron chi connectivity index (χ4n) is 4.95. The number of ether oxygens (including phenoxy) is 1. The van der Waals surface area contributed by atoms with Crippen LogP contribution in [0.5, 0.6) is 5.75 Å². The van der Waals surface area contributed by atoms with Crippen LogP contribution in [0, 0.1) is 18.7 Å². The first-order valence-electron chi connectivity index (χ1n) is 12.6. The minimum atomic E-state index is -0.459. The molecule has 0 radical (unpaired) electrons. The molecular formula is C26H29FN8O2. The van der Waals surface area contributed by atoms with Crippen LogP contribution in [0.1, 0.15) is 37.1 Å². The summed E-state index contributed by atoms with van der Waals surface area (Å²) in [4.78, 5) is 23.8. The first kappa shape index (κ1) is 23.5. The SMILES string of the molecule is CCN1CC[C@@H]1COc1cnn(C)c1-c1cc2cc(NC(=O)[C@@H]3C[C@@H]3c3ncc(C)cn3)nn2cc1F. The second kappa shape index (κ2) is 9.22. The molecule has 5 heterocycles. The van der Waals surface area contributed by atoms with Crippen LogP contribution in [-0.2, 0) is 11.8 Å². The van der Waals surface area contributed by atoms with Crippen LogP contribution in [0.2, 0.25) is 0 Å². The predicted octanol–water partition coefficient (Wildman–Crippen LogP) is 3.19. The van der Waals surface area contributed by atoms with E-state index < -0.39 is 5.82 Å². The van der Waals surface area contributed by atoms with Crippen molar-refractivity contribution < 1.29 is 13.9 Å². The van der Waals surface area contributed by atoms with Crippen LogP contribution in [-0.4, -0.2) is 65.9 Å². The van der Waals surface area contributed by atoms with Gasteiger partial charge in [0.1, 0.15) is 18.1 Å². The van der Waals surface area contributed by atoms with Crippen LogP contribution < -0.4 is 10.1 Å². The number of halogens is 1. The van der Waals surface area contributed by atoms with E-state index in [9.17, 15) is 4.79 Å². The van der Waals surface area contributed by atoms with Crippen molar-refractivity contribution in [1.29, 1.82) is 0 Å². The lowest BCUT2D eigenvalue weighted by Crippen LogP contribution is -2.50. The van der Waals surface area contributed by atoms with Crippen molar-refractivity contribution in [2.45, 2.75) is 38.6 Å². The first-order valence-corrected chi connectivity index (χ1v) is 12.6. The minimum absolute atomic E-state index is 0.00859. The highest BCUT2D eigenvalue weighted by molar-refractivity contribution is 5.95. The molecule has 4 aromatic rings. The molecule has 4 aromatic heterocycles. The molecule has 0 unspecified atom stereocenters. The fourth-order valence-corrected chi connectivity index (χ4v) is 4.95. The number of pyridine rings is 1. The number of rotatable bonds is 8. The first-order chi connectivity index (χ1) is 17.9. The van der Waals surface area contributed by atoms with E-state index in [4.69, 9.17) is 4.74 Å². The van der Waals surface area contributed by atoms with Gasteiger partial charge in [-0.3, -0.25) is 14.4 Å². The van der Waals surface area contributed by atoms with Crippen molar-refractivity contribution in [2.24, 2.45) is 13.0 Å². The molecule has 10 nitrogen and oxygen atoms in total. The van der Waals surface area contributed by atoms with Gasteiger partial charge in [-0.1, -0.05) is 6.92 Å². The standard InChI is InChI=1S/C26H29FN8O2/c1-4-34-6-5-16(34)14-37-22-12-30-33(3)24(22)20-7-17-8-23(32-35(17)13-21(20)27)31-26(36)19-9-18(19)25-28-10-15(2)11-29-25/h7-8,10-13,16,18-19H,4-6,9,14H2,1-3H3,(H,31,32,36)/t16-,18+,19-/m1/s1. The van der Waals surface area contributed by atoms with E-state index in [1.165, 1.54) is 10.7 Å². The zero-order valence-electron chi connectivity index (χ0n) is 21.1. The van der Waals surface area contributed by atoms with Gasteiger partial charge in [0.25, 0.3) is 0 Å². The number of aryl methyl sites for hydroxylation is 2. The molecule has 3 atom stereocenters. The third-order valence-corrected chi connectivity index (χ3v) is 7.32. The lowest BCUT2D eigenvalue weighted by molar-refractivity contribution is -0.117. The Labute approximate surface area is 213 Å². The summed E-state index contributed by atoms with van der Waals surface area (Å²) in [6.45, 7) is 6.66. The van der Waals surface area contributed by atoms with Crippen LogP contribution >= 0.6 is 0 Å². The van der Waals surface area contributed by atoms with Crippen molar-refractivity contribution >= 4 is 17.2 Å². The van der Waals surface area contributed by atoms with E-state index >= 15 is 4.39 Å². The van der Waals surface area contributed by atoms with Crippen molar-refractivity contribution in [1.82, 2.24) is 34.3 Å². The second-order valence-electron chi connectivity index (χ2n) is 9.85. The fraction of sp³-hybridized carbons (Fsp3) is 0.423. The number of carbonyl (C=O) groups is 1. The summed E-state index contributed by atoms with van der Waals surface area (Å²) in [7, 11) is 1.76. The number of nitrogens with one attached hydrogen (secondary N) is 1. The molecule has 11 heteroatoms. The summed E-state index contributed by atoms with van der Waals surface area (Å²) in [5, 5.41) is 11.5. The van der Waals surface area contributed by atoms with Gasteiger partial charge in [0.2, 0.25) is 5.91 Å². The second-order valence-corrected chi connectivity index (χ2v) is 9.85. The number of amides is 1. The predicted molar refractivity (Wildman–Crippen MR) is 135 cm³/mol. The Kier molecular flexibility index (Phi) is 5.86. The molecule has 37 heavy (non-hydrogen) atoms. The van der Waals surface area contributed by atoms with Crippen LogP contribution in [0.4, 0.5) is 10.2 Å². The van der Waals surface area contributed by atoms with Crippen LogP contribution in [0.25, 0.3) is 16.8 Å². The van der Waals surface area contributed by atoms with Gasteiger partial charge in [-0.2, -0.15) is 5.10 Å². The number of hydrogen-bond donors (Lipinski definition) is 1. The zero-order valence-corrected chi connectivity index (χ0v) is 21.1. The largest absolute Gasteiger partial charge is 0.488 e. The summed E-state index contributed by atoms with van der Waals surface area (Å²) >= 11 is 0. The van der Waals surface area contributed by atoms with Crippen LogP contribution in [0.15, 0.2) is 36.9 Å². The molecular weight excluding hydrogens is 475 g/mol. The van der Waals surface area contributed by atoms with Crippen molar-refractivity contribution in [3.8, 4) is 17.0 Å². The lowest BCUT2D eigenvalue weighted by atomic mass is 10.0. The van der Waals surface area contributed by atoms with Crippen molar-refractivity contribution in [3.63, 3.8) is 0 Å². The van der Waals surface area contributed by atoms with Gasteiger partial charge < -0.3 is 10.1 Å². The number of anilines is 1. The number of likely N-dealkylation sites (tertiary alicyclic amines) is 1. The molecule has 6 rings (SSSR count). The number of nitrogens with zero attached hydrogens (tertiary/aromatic N) is 7. The topological polar surface area (TPSA) is 102 Å². The lowest BCUT2D eigenvalue weighted by Gasteiger charge is -2.39. The summed E-state index contributed by atoms with van der Waals surface area (Å²) in [5.41, 5.74) is 2.55. The molecule has 0 aromatic carbocycles. The maximum absolute atomic E-state index is 15.2. The Bertz CT molecular complexity index is 1460. The summed E-state index contributed by atoms with van der Waals surface area (Å²) in [6, 6.07) is 3.80. The number of likely N-dealkylation sites (N-methyl/N-ethyl adjacent to an activating group) is 1. The maximum Gasteiger partial charge on any atom is 0.229 e. The van der Waals surface area contributed by atoms with E-state index in [-0.39, 0.29) is 17.7 Å². The van der Waals surface area contributed by atoms with Crippen LogP contribution in [0.3, 0.4) is 0 Å². The molecule has 1 N–H and O–H groups in total. The zero-order chi connectivity index (χ0) is 25.7. The Hall–Kier alpha value is -3.86. The summed E-state index contributed by atoms with van der Waals surface area (Å²) in [5.74, 6) is 0.796. The molecule has 0 bridgehead atoms. The van der Waals surface area contributed by atoms with Gasteiger partial charge >= 0.3 is 0 Å². The van der Waals surface area contributed by atoms with Crippen molar-refractivity contribution in [2.75, 3.05) is 25.0 Å². The molecule has 0 spiro atoms. The average Bonchev–Trinajstić information content (AvgIpc) is 3.45. The van der Waals surface area contributed by atoms with Gasteiger partial charge in [-0.15, -0.1) is 5.10 Å². The highest BCUT2D eigenvalue weighted by Gasteiger charge is 2.46. The van der Waals surface area contributed by atoms with Crippen molar-refractivity contribution in [3.05, 3.63) is 54.1 Å². The molecule has 1 saturated carbocycles. The number of hydrogen-bond acceptors (Lipinski definition) is 7. The molecule has 1 aliphatic heterocycles. The smallest absolute Gasteiger partial charge is 0.229 e. The number of fused-ring (bicyclic) bond motifs is 1. The molecule has 1 saturated heterocycles. The Morgan fingerprint density at radius 3 is 2.78 bits per heavy atom. The molecule has 2 aliphatic rings. The molecule has 192 valence electrons. The third-order valence-electron chi connectivity index (χ3n) is 7.32. The van der Waals surface area contributed by atoms with Gasteiger partial charge in [0, 0.05) is 55.5 Å². The van der Waals surface area contributed by atoms with Gasteiger partial charge in [-0.05, 0) is 37.9 Å². The Morgan fingerprint density at radius 2 is 2.05 bits per heavy atom. The highest BCUT2D eigenvalue weighted by Crippen LogP contribution is 2.46. The summed E-state index contributed by atoms with van der Waals surface area (Å²) < 4.78 is 24.4. The number of carbonyl (C=O) groups excluding carboxylic acids is 1. The summed E-state index contributed by atoms with van der Waals surface area (Å²) in [6.07, 6.45) is 8.24. The monoisotopic (exact) mass is 504 g/mol. The van der Waals surface area contributed by atoms with Gasteiger partial charge in [0.15, 0.2) is 17.4 Å². The van der Waals surface area contributed by atoms with E-state index in [0.29, 0.717) is 53.2 Å². The minimum Gasteiger partial charge on any atom is -0.488 e. The maximum atomic E-state index is 15.2. The third kappa shape index (κ3) is 4.43. The average molecular weight is 505 g/mol. The van der Waals surface area contributed by atoms with E-state index in [1.807, 2.05) is 6.92 Å². The molecule has 1 amide bonds. The highest BCUT2D eigenvalue weighted by atomic mass is 19.1. The molecule has 1 aliphatic carbocycles. The Morgan fingerprint density at radius 1 is 1.24 bits per heavy atom. The van der Waals surface area contributed by atoms with E-state index in [0.717, 1.165) is 25.1 Å². The van der Waals surface area contributed by atoms with Gasteiger partial charge in [0.05, 0.1) is 17.9 Å². The quantitative estimate of drug-likeness (QED) is 0.393. The normalized spacial score (nSPS) is 21.1. The van der Waals surface area contributed by atoms with E-state index in [1.54, 1.807) is 42.5 Å². The van der Waals surface area contributed by atoms with E-state index in [2.05, 4.69) is 37.3 Å². The number of aromatic nitrogens is 6. The van der Waals surface area contributed by atoms with Gasteiger partial charge in [-0.25, -0.2) is 18.9 Å². The molecule has 2 fully saturated rings. The Balaban J connectivity index is 1.19.